The van der Waals surface area contributed by atoms with Gasteiger partial charge in [0.25, 0.3) is 5.91 Å². The molecule has 2 aromatic rings. The summed E-state index contributed by atoms with van der Waals surface area (Å²) in [7, 11) is 0. The molecule has 0 aliphatic rings. The lowest BCUT2D eigenvalue weighted by atomic mass is 10.0. The zero-order valence-corrected chi connectivity index (χ0v) is 17.5. The predicted molar refractivity (Wildman–Crippen MR) is 114 cm³/mol. The molecule has 0 aliphatic heterocycles. The quantitative estimate of drug-likeness (QED) is 0.393. The van der Waals surface area contributed by atoms with E-state index in [9.17, 15) is 9.59 Å². The number of amides is 2. The van der Waals surface area contributed by atoms with Crippen molar-refractivity contribution in [1.82, 2.24) is 5.43 Å². The van der Waals surface area contributed by atoms with Gasteiger partial charge in [-0.25, -0.2) is 5.43 Å². The molecule has 5 nitrogen and oxygen atoms in total. The van der Waals surface area contributed by atoms with Crippen LogP contribution in [0.5, 0.6) is 0 Å². The molecule has 0 unspecified atom stereocenters. The molecule has 26 heavy (non-hydrogen) atoms. The Hall–Kier alpha value is -2.22. The molecule has 6 heteroatoms. The topological polar surface area (TPSA) is 70.6 Å². The summed E-state index contributed by atoms with van der Waals surface area (Å²) in [6.45, 7) is 7.68. The van der Waals surface area contributed by atoms with Crippen molar-refractivity contribution >= 4 is 45.8 Å². The Labute approximate surface area is 167 Å². The Balaban J connectivity index is 1.95. The summed E-state index contributed by atoms with van der Waals surface area (Å²) < 4.78 is 1.05. The number of aryl methyl sites for hydroxylation is 3. The first-order valence-corrected chi connectivity index (χ1v) is 9.31. The molecule has 0 heterocycles. The van der Waals surface area contributed by atoms with E-state index >= 15 is 0 Å². The summed E-state index contributed by atoms with van der Waals surface area (Å²) in [5.74, 6) is -0.462. The van der Waals surface area contributed by atoms with E-state index in [0.717, 1.165) is 25.9 Å². The third-order valence-electron chi connectivity index (χ3n) is 3.81. The highest BCUT2D eigenvalue weighted by Crippen LogP contribution is 2.22. The number of anilines is 1. The first-order valence-electron chi connectivity index (χ1n) is 8.23. The van der Waals surface area contributed by atoms with Crippen LogP contribution in [0.3, 0.4) is 0 Å². The monoisotopic (exact) mass is 463 g/mol. The molecule has 136 valence electrons. The van der Waals surface area contributed by atoms with Crippen LogP contribution < -0.4 is 10.7 Å². The van der Waals surface area contributed by atoms with Crippen molar-refractivity contribution in [1.29, 1.82) is 0 Å². The van der Waals surface area contributed by atoms with E-state index in [4.69, 9.17) is 0 Å². The minimum absolute atomic E-state index is 0.111. The molecule has 0 atom stereocenters. The van der Waals surface area contributed by atoms with Crippen LogP contribution in [0, 0.1) is 24.3 Å². The molecule has 0 spiro atoms. The van der Waals surface area contributed by atoms with Gasteiger partial charge in [0.05, 0.1) is 6.42 Å². The van der Waals surface area contributed by atoms with Crippen molar-refractivity contribution in [2.45, 2.75) is 34.1 Å². The van der Waals surface area contributed by atoms with Crippen molar-refractivity contribution < 1.29 is 9.59 Å². The van der Waals surface area contributed by atoms with Crippen LogP contribution in [-0.2, 0) is 4.79 Å². The summed E-state index contributed by atoms with van der Waals surface area (Å²) in [6, 6.07) is 11.2. The predicted octanol–water partition coefficient (Wildman–Crippen LogP) is 4.35. The smallest absolute Gasteiger partial charge is 0.271 e. The normalized spacial score (nSPS) is 11.2. The lowest BCUT2D eigenvalue weighted by Crippen LogP contribution is -2.22. The molecule has 0 aliphatic carbocycles. The van der Waals surface area contributed by atoms with Crippen molar-refractivity contribution in [3.05, 3.63) is 62.2 Å². The number of carbonyl (C=O) groups excluding carboxylic acids is 2. The van der Waals surface area contributed by atoms with Crippen LogP contribution in [0.15, 0.2) is 41.5 Å². The van der Waals surface area contributed by atoms with E-state index in [1.807, 2.05) is 45.0 Å². The third kappa shape index (κ3) is 5.66. The second-order valence-corrected chi connectivity index (χ2v) is 7.54. The molecule has 2 rings (SSSR count). The van der Waals surface area contributed by atoms with Gasteiger partial charge in [0.1, 0.15) is 0 Å². The Bertz CT molecular complexity index is 835. The van der Waals surface area contributed by atoms with Crippen LogP contribution >= 0.6 is 22.6 Å². The highest BCUT2D eigenvalue weighted by molar-refractivity contribution is 14.1. The highest BCUT2D eigenvalue weighted by Gasteiger charge is 2.10. The van der Waals surface area contributed by atoms with E-state index in [1.165, 1.54) is 0 Å². The van der Waals surface area contributed by atoms with E-state index < -0.39 is 0 Å². The van der Waals surface area contributed by atoms with Gasteiger partial charge >= 0.3 is 0 Å². The van der Waals surface area contributed by atoms with Gasteiger partial charge in [-0.15, -0.1) is 0 Å². The maximum atomic E-state index is 12.3. The molecule has 0 bridgehead atoms. The Kier molecular flexibility index (Phi) is 6.90. The summed E-state index contributed by atoms with van der Waals surface area (Å²) in [6.07, 6.45) is 0.111. The SMILES string of the molecule is CC(CC(=O)Nc1c(C)cc(C)cc1C)=NNC(=O)c1ccc(I)cc1. The van der Waals surface area contributed by atoms with Gasteiger partial charge in [0, 0.05) is 20.5 Å². The van der Waals surface area contributed by atoms with Crippen molar-refractivity contribution in [2.24, 2.45) is 5.10 Å². The second kappa shape index (κ2) is 8.93. The van der Waals surface area contributed by atoms with Crippen LogP contribution in [-0.4, -0.2) is 17.5 Å². The van der Waals surface area contributed by atoms with Gasteiger partial charge in [0.2, 0.25) is 5.91 Å². The molecule has 0 saturated heterocycles. The van der Waals surface area contributed by atoms with Gasteiger partial charge in [-0.3, -0.25) is 9.59 Å². The van der Waals surface area contributed by atoms with Crippen molar-refractivity contribution in [3.8, 4) is 0 Å². The Morgan fingerprint density at radius 3 is 2.19 bits per heavy atom. The fraction of sp³-hybridized carbons (Fsp3) is 0.250. The number of hydrogen-bond acceptors (Lipinski definition) is 3. The minimum atomic E-state index is -0.300. The number of hydrogen-bond donors (Lipinski definition) is 2. The number of carbonyl (C=O) groups is 2. The number of rotatable bonds is 5. The van der Waals surface area contributed by atoms with Crippen LogP contribution in [0.4, 0.5) is 5.69 Å². The minimum Gasteiger partial charge on any atom is -0.325 e. The van der Waals surface area contributed by atoms with Crippen molar-refractivity contribution in [3.63, 3.8) is 0 Å². The van der Waals surface area contributed by atoms with E-state index in [-0.39, 0.29) is 18.2 Å². The molecule has 0 aromatic heterocycles. The van der Waals surface area contributed by atoms with E-state index in [0.29, 0.717) is 11.3 Å². The summed E-state index contributed by atoms with van der Waals surface area (Å²) in [5, 5.41) is 6.95. The van der Waals surface area contributed by atoms with Gasteiger partial charge < -0.3 is 5.32 Å². The molecule has 0 saturated carbocycles. The lowest BCUT2D eigenvalue weighted by molar-refractivity contribution is -0.115. The summed E-state index contributed by atoms with van der Waals surface area (Å²) in [5.41, 5.74) is 7.58. The van der Waals surface area contributed by atoms with Crippen LogP contribution in [0.2, 0.25) is 0 Å². The molecule has 0 radical (unpaired) electrons. The van der Waals surface area contributed by atoms with Crippen LogP contribution in [0.25, 0.3) is 0 Å². The van der Waals surface area contributed by atoms with E-state index in [1.54, 1.807) is 19.1 Å². The fourth-order valence-corrected chi connectivity index (χ4v) is 3.00. The zero-order chi connectivity index (χ0) is 19.3. The zero-order valence-electron chi connectivity index (χ0n) is 15.3. The highest BCUT2D eigenvalue weighted by atomic mass is 127. The number of nitrogens with one attached hydrogen (secondary N) is 2. The molecular weight excluding hydrogens is 441 g/mol. The molecular formula is C20H22IN3O2. The first-order chi connectivity index (χ1) is 12.3. The van der Waals surface area contributed by atoms with E-state index in [2.05, 4.69) is 38.4 Å². The Morgan fingerprint density at radius 1 is 1.04 bits per heavy atom. The van der Waals surface area contributed by atoms with Gasteiger partial charge in [0.15, 0.2) is 0 Å². The van der Waals surface area contributed by atoms with Gasteiger partial charge in [-0.1, -0.05) is 17.7 Å². The van der Waals surface area contributed by atoms with Gasteiger partial charge in [-0.05, 0) is 85.7 Å². The maximum Gasteiger partial charge on any atom is 0.271 e. The number of halogens is 1. The van der Waals surface area contributed by atoms with Gasteiger partial charge in [-0.2, -0.15) is 5.10 Å². The standard InChI is InChI=1S/C20H22IN3O2/c1-12-9-13(2)19(14(3)10-12)22-18(25)11-15(4)23-24-20(26)16-5-7-17(21)8-6-16/h5-10H,11H2,1-4H3,(H,22,25)(H,24,26). The first kappa shape index (κ1) is 20.1. The average Bonchev–Trinajstić information content (AvgIpc) is 2.56. The van der Waals surface area contributed by atoms with Crippen molar-refractivity contribution in [2.75, 3.05) is 5.32 Å². The lowest BCUT2D eigenvalue weighted by Gasteiger charge is -2.12. The summed E-state index contributed by atoms with van der Waals surface area (Å²) in [4.78, 5) is 24.3. The van der Waals surface area contributed by atoms with Crippen LogP contribution in [0.1, 0.15) is 40.4 Å². The number of benzene rings is 2. The third-order valence-corrected chi connectivity index (χ3v) is 4.53. The molecule has 2 amide bonds. The maximum absolute atomic E-state index is 12.3. The molecule has 0 fully saturated rings. The second-order valence-electron chi connectivity index (χ2n) is 6.29. The average molecular weight is 463 g/mol. The number of nitrogens with zero attached hydrogens (tertiary/aromatic N) is 1. The molecule has 2 N–H and O–H groups in total. The summed E-state index contributed by atoms with van der Waals surface area (Å²) >= 11 is 2.18. The molecule has 2 aromatic carbocycles. The largest absolute Gasteiger partial charge is 0.325 e. The Morgan fingerprint density at radius 2 is 1.62 bits per heavy atom. The fourth-order valence-electron chi connectivity index (χ4n) is 2.64. The number of hydrazone groups is 1.